The molecule has 2 N–H and O–H groups in total. The van der Waals surface area contributed by atoms with Gasteiger partial charge in [0, 0.05) is 43.5 Å². The predicted octanol–water partition coefficient (Wildman–Crippen LogP) is 1.67. The smallest absolute Gasteiger partial charge is 0.259 e. The molecule has 2 aromatic rings. The van der Waals surface area contributed by atoms with Crippen LogP contribution in [-0.4, -0.2) is 46.5 Å². The lowest BCUT2D eigenvalue weighted by Gasteiger charge is -2.32. The molecule has 1 aromatic carbocycles. The number of halogens is 2. The van der Waals surface area contributed by atoms with Gasteiger partial charge in [-0.25, -0.2) is 13.8 Å². The van der Waals surface area contributed by atoms with Crippen molar-refractivity contribution in [2.75, 3.05) is 20.2 Å². The summed E-state index contributed by atoms with van der Waals surface area (Å²) in [5.41, 5.74) is 4.66. The van der Waals surface area contributed by atoms with Gasteiger partial charge in [-0.2, -0.15) is 0 Å². The third-order valence-electron chi connectivity index (χ3n) is 4.69. The highest BCUT2D eigenvalue weighted by Crippen LogP contribution is 2.29. The van der Waals surface area contributed by atoms with Gasteiger partial charge >= 0.3 is 0 Å². The van der Waals surface area contributed by atoms with Gasteiger partial charge in [0.1, 0.15) is 35.3 Å². The van der Waals surface area contributed by atoms with E-state index >= 15 is 0 Å². The molecular weight excluding hydrogens is 358 g/mol. The lowest BCUT2D eigenvalue weighted by molar-refractivity contribution is -0.118. The highest BCUT2D eigenvalue weighted by molar-refractivity contribution is 5.95. The largest absolute Gasteiger partial charge is 0.497 e. The molecule has 0 bridgehead atoms. The molecule has 1 aliphatic heterocycles. The second-order valence-corrected chi connectivity index (χ2v) is 6.41. The summed E-state index contributed by atoms with van der Waals surface area (Å²) < 4.78 is 34.8. The highest BCUT2D eigenvalue weighted by Gasteiger charge is 2.30. The Kier molecular flexibility index (Phi) is 5.38. The number of piperidine rings is 1. The molecule has 27 heavy (non-hydrogen) atoms. The fraction of sp³-hybridized carbons (Fsp3) is 0.389. The Balaban J connectivity index is 1.70. The fourth-order valence-corrected chi connectivity index (χ4v) is 3.35. The second-order valence-electron chi connectivity index (χ2n) is 6.41. The van der Waals surface area contributed by atoms with Crippen LogP contribution in [0.1, 0.15) is 34.9 Å². The van der Waals surface area contributed by atoms with Crippen molar-refractivity contribution in [2.24, 2.45) is 5.73 Å². The minimum Gasteiger partial charge on any atom is -0.497 e. The van der Waals surface area contributed by atoms with Crippen molar-refractivity contribution >= 4 is 11.8 Å². The van der Waals surface area contributed by atoms with Crippen LogP contribution >= 0.6 is 0 Å². The first kappa shape index (κ1) is 18.8. The van der Waals surface area contributed by atoms with E-state index in [1.54, 1.807) is 17.0 Å². The molecule has 2 amide bonds. The van der Waals surface area contributed by atoms with Crippen molar-refractivity contribution in [3.05, 3.63) is 47.5 Å². The predicted molar refractivity (Wildman–Crippen MR) is 92.2 cm³/mol. The van der Waals surface area contributed by atoms with Crippen LogP contribution in [0, 0.1) is 11.6 Å². The molecule has 0 radical (unpaired) electrons. The van der Waals surface area contributed by atoms with E-state index in [1.165, 1.54) is 12.0 Å². The molecule has 0 aliphatic carbocycles. The number of benzene rings is 1. The maximum atomic E-state index is 14.2. The van der Waals surface area contributed by atoms with Crippen LogP contribution in [0.25, 0.3) is 0 Å². The van der Waals surface area contributed by atoms with Gasteiger partial charge in [0.05, 0.1) is 7.11 Å². The van der Waals surface area contributed by atoms with Crippen LogP contribution in [0.15, 0.2) is 24.5 Å². The summed E-state index contributed by atoms with van der Waals surface area (Å²) in [5, 5.41) is 0. The zero-order valence-electron chi connectivity index (χ0n) is 14.8. The number of carbonyl (C=O) groups is 2. The molecule has 0 unspecified atom stereocenters. The minimum absolute atomic E-state index is 0.0153. The molecule has 2 heterocycles. The number of hydrogen-bond acceptors (Lipinski definition) is 4. The van der Waals surface area contributed by atoms with Gasteiger partial charge < -0.3 is 19.9 Å². The molecule has 1 fully saturated rings. The molecule has 0 saturated carbocycles. The zero-order valence-corrected chi connectivity index (χ0v) is 14.8. The standard InChI is InChI=1S/C18H20F2N4O3/c1-27-12-8-13(19)16(14(20)9-12)18(26)23-5-2-11(3-6-23)17-22-4-7-24(17)10-15(21)25/h4,7-9,11H,2-3,5-6,10H2,1H3,(H2,21,25). The first-order valence-corrected chi connectivity index (χ1v) is 8.52. The molecule has 1 saturated heterocycles. The van der Waals surface area contributed by atoms with E-state index in [9.17, 15) is 18.4 Å². The van der Waals surface area contributed by atoms with Crippen molar-refractivity contribution in [1.29, 1.82) is 0 Å². The number of primary amides is 1. The normalized spacial score (nSPS) is 15.0. The summed E-state index contributed by atoms with van der Waals surface area (Å²) in [5.74, 6) is -2.27. The maximum absolute atomic E-state index is 14.2. The van der Waals surface area contributed by atoms with E-state index in [0.717, 1.165) is 18.0 Å². The number of likely N-dealkylation sites (tertiary alicyclic amines) is 1. The Morgan fingerprint density at radius 2 is 1.89 bits per heavy atom. The van der Waals surface area contributed by atoms with Crippen LogP contribution in [0.5, 0.6) is 5.75 Å². The number of nitrogens with zero attached hydrogens (tertiary/aromatic N) is 3. The second kappa shape index (κ2) is 7.73. The minimum atomic E-state index is -0.948. The van der Waals surface area contributed by atoms with Crippen LogP contribution in [0.2, 0.25) is 0 Å². The Hall–Kier alpha value is -2.97. The van der Waals surface area contributed by atoms with Crippen LogP contribution in [0.3, 0.4) is 0 Å². The number of aromatic nitrogens is 2. The molecule has 0 spiro atoms. The summed E-state index contributed by atoms with van der Waals surface area (Å²) in [6, 6.07) is 1.98. The van der Waals surface area contributed by atoms with Crippen molar-refractivity contribution in [1.82, 2.24) is 14.5 Å². The fourth-order valence-electron chi connectivity index (χ4n) is 3.35. The van der Waals surface area contributed by atoms with Gasteiger partial charge in [0.25, 0.3) is 5.91 Å². The summed E-state index contributed by atoms with van der Waals surface area (Å²) in [7, 11) is 1.29. The molecule has 7 nitrogen and oxygen atoms in total. The number of ether oxygens (including phenoxy) is 1. The maximum Gasteiger partial charge on any atom is 0.259 e. The van der Waals surface area contributed by atoms with E-state index in [4.69, 9.17) is 10.5 Å². The van der Waals surface area contributed by atoms with Gasteiger partial charge in [0.15, 0.2) is 0 Å². The van der Waals surface area contributed by atoms with E-state index < -0.39 is 29.0 Å². The van der Waals surface area contributed by atoms with Gasteiger partial charge in [-0.1, -0.05) is 0 Å². The number of carbonyl (C=O) groups excluding carboxylic acids is 2. The number of amides is 2. The SMILES string of the molecule is COc1cc(F)c(C(=O)N2CCC(c3nccn3CC(N)=O)CC2)c(F)c1. The van der Waals surface area contributed by atoms with Crippen LogP contribution in [0.4, 0.5) is 8.78 Å². The Morgan fingerprint density at radius 3 is 2.44 bits per heavy atom. The molecule has 3 rings (SSSR count). The van der Waals surface area contributed by atoms with E-state index in [0.29, 0.717) is 25.9 Å². The Labute approximate surface area is 154 Å². The van der Waals surface area contributed by atoms with Crippen molar-refractivity contribution in [2.45, 2.75) is 25.3 Å². The van der Waals surface area contributed by atoms with E-state index in [-0.39, 0.29) is 18.2 Å². The van der Waals surface area contributed by atoms with Crippen molar-refractivity contribution < 1.29 is 23.1 Å². The van der Waals surface area contributed by atoms with Gasteiger partial charge in [-0.15, -0.1) is 0 Å². The number of imidazole rings is 1. The van der Waals surface area contributed by atoms with Gasteiger partial charge in [-0.3, -0.25) is 9.59 Å². The highest BCUT2D eigenvalue weighted by atomic mass is 19.1. The van der Waals surface area contributed by atoms with E-state index in [2.05, 4.69) is 4.98 Å². The Bertz CT molecular complexity index is 837. The number of rotatable bonds is 5. The molecular formula is C18H20F2N4O3. The quantitative estimate of drug-likeness (QED) is 0.857. The van der Waals surface area contributed by atoms with Gasteiger partial charge in [-0.05, 0) is 12.8 Å². The first-order chi connectivity index (χ1) is 12.9. The molecule has 0 atom stereocenters. The van der Waals surface area contributed by atoms with Crippen LogP contribution in [-0.2, 0) is 11.3 Å². The van der Waals surface area contributed by atoms with Crippen LogP contribution < -0.4 is 10.5 Å². The van der Waals surface area contributed by atoms with Gasteiger partial charge in [0.2, 0.25) is 5.91 Å². The Morgan fingerprint density at radius 1 is 1.26 bits per heavy atom. The average molecular weight is 378 g/mol. The molecule has 9 heteroatoms. The van der Waals surface area contributed by atoms with Crippen molar-refractivity contribution in [3.63, 3.8) is 0 Å². The topological polar surface area (TPSA) is 90.4 Å². The third kappa shape index (κ3) is 3.91. The number of nitrogens with two attached hydrogens (primary N) is 1. The summed E-state index contributed by atoms with van der Waals surface area (Å²) in [4.78, 5) is 29.4. The monoisotopic (exact) mass is 378 g/mol. The first-order valence-electron chi connectivity index (χ1n) is 8.52. The average Bonchev–Trinajstić information content (AvgIpc) is 3.08. The van der Waals surface area contributed by atoms with E-state index in [1.807, 2.05) is 0 Å². The molecule has 1 aromatic heterocycles. The third-order valence-corrected chi connectivity index (χ3v) is 4.69. The lowest BCUT2D eigenvalue weighted by Crippen LogP contribution is -2.39. The zero-order chi connectivity index (χ0) is 19.6. The molecule has 144 valence electrons. The number of hydrogen-bond donors (Lipinski definition) is 1. The number of methoxy groups -OCH3 is 1. The van der Waals surface area contributed by atoms with Crippen molar-refractivity contribution in [3.8, 4) is 5.75 Å². The summed E-state index contributed by atoms with van der Waals surface area (Å²) in [6.07, 6.45) is 4.42. The summed E-state index contributed by atoms with van der Waals surface area (Å²) in [6.45, 7) is 0.701. The lowest BCUT2D eigenvalue weighted by atomic mass is 9.95. The molecule has 1 aliphatic rings. The summed E-state index contributed by atoms with van der Waals surface area (Å²) >= 11 is 0.